The molecule has 0 saturated heterocycles. The normalized spacial score (nSPS) is 11.2. The van der Waals surface area contributed by atoms with Crippen LogP contribution in [0.25, 0.3) is 26.6 Å². The molecule has 2 heterocycles. The molecule has 8 heteroatoms. The highest BCUT2D eigenvalue weighted by Gasteiger charge is 2.16. The molecular formula is C15H10N4O3S. The Morgan fingerprint density at radius 2 is 2.09 bits per heavy atom. The maximum atomic E-state index is 11.0. The monoisotopic (exact) mass is 326 g/mol. The van der Waals surface area contributed by atoms with Gasteiger partial charge in [0.25, 0.3) is 5.69 Å². The summed E-state index contributed by atoms with van der Waals surface area (Å²) in [5, 5.41) is 19.3. The van der Waals surface area contributed by atoms with Crippen LogP contribution < -0.4 is 4.74 Å². The van der Waals surface area contributed by atoms with Gasteiger partial charge >= 0.3 is 0 Å². The van der Waals surface area contributed by atoms with Crippen LogP contribution in [-0.2, 0) is 0 Å². The Bertz CT molecular complexity index is 1050. The maximum Gasteiger partial charge on any atom is 0.270 e. The molecule has 0 atom stereocenters. The first-order valence-electron chi connectivity index (χ1n) is 6.74. The lowest BCUT2D eigenvalue weighted by atomic mass is 10.2. The van der Waals surface area contributed by atoms with Gasteiger partial charge in [0.05, 0.1) is 22.2 Å². The van der Waals surface area contributed by atoms with E-state index in [1.807, 2.05) is 22.6 Å². The molecule has 4 rings (SSSR count). The van der Waals surface area contributed by atoms with Crippen molar-refractivity contribution in [2.45, 2.75) is 0 Å². The summed E-state index contributed by atoms with van der Waals surface area (Å²) in [5.41, 5.74) is 1.62. The Morgan fingerprint density at radius 1 is 1.22 bits per heavy atom. The summed E-state index contributed by atoms with van der Waals surface area (Å²) >= 11 is 1.49. The van der Waals surface area contributed by atoms with Gasteiger partial charge in [-0.15, -0.1) is 10.2 Å². The molecule has 0 amide bonds. The minimum atomic E-state index is -0.418. The van der Waals surface area contributed by atoms with Gasteiger partial charge in [-0.05, 0) is 18.2 Å². The van der Waals surface area contributed by atoms with E-state index in [-0.39, 0.29) is 5.69 Å². The molecule has 2 aromatic carbocycles. The van der Waals surface area contributed by atoms with Crippen molar-refractivity contribution in [1.82, 2.24) is 14.6 Å². The van der Waals surface area contributed by atoms with Gasteiger partial charge in [0.1, 0.15) is 5.75 Å². The summed E-state index contributed by atoms with van der Waals surface area (Å²) in [6.07, 6.45) is 0. The van der Waals surface area contributed by atoms with Gasteiger partial charge in [0, 0.05) is 17.7 Å². The number of nitro benzene ring substituents is 1. The zero-order valence-electron chi connectivity index (χ0n) is 12.0. The number of hydrogen-bond acceptors (Lipinski definition) is 6. The smallest absolute Gasteiger partial charge is 0.270 e. The lowest BCUT2D eigenvalue weighted by Crippen LogP contribution is -1.91. The molecule has 23 heavy (non-hydrogen) atoms. The van der Waals surface area contributed by atoms with E-state index in [0.29, 0.717) is 11.4 Å². The SMILES string of the molecule is COc1ccc2c(c1)sc1nnc(-c3cccc([N+](=O)[O-])c3)n12. The van der Waals surface area contributed by atoms with Gasteiger partial charge in [-0.2, -0.15) is 0 Å². The van der Waals surface area contributed by atoms with Crippen LogP contribution in [-0.4, -0.2) is 26.6 Å². The Labute approximate surface area is 133 Å². The van der Waals surface area contributed by atoms with Gasteiger partial charge < -0.3 is 4.74 Å². The zero-order chi connectivity index (χ0) is 16.0. The van der Waals surface area contributed by atoms with Crippen LogP contribution in [0.4, 0.5) is 5.69 Å². The minimum absolute atomic E-state index is 0.0282. The van der Waals surface area contributed by atoms with Crippen molar-refractivity contribution in [2.24, 2.45) is 0 Å². The van der Waals surface area contributed by atoms with Crippen LogP contribution in [0.5, 0.6) is 5.75 Å². The van der Waals surface area contributed by atoms with E-state index in [1.165, 1.54) is 23.5 Å². The largest absolute Gasteiger partial charge is 0.497 e. The van der Waals surface area contributed by atoms with Crippen molar-refractivity contribution in [2.75, 3.05) is 7.11 Å². The summed E-state index contributed by atoms with van der Waals surface area (Å²) < 4.78 is 8.15. The molecule has 0 bridgehead atoms. The van der Waals surface area contributed by atoms with Crippen LogP contribution in [0.1, 0.15) is 0 Å². The molecule has 0 fully saturated rings. The molecule has 0 spiro atoms. The molecular weight excluding hydrogens is 316 g/mol. The highest BCUT2D eigenvalue weighted by atomic mass is 32.1. The average Bonchev–Trinajstić information content (AvgIpc) is 3.13. The Hall–Kier alpha value is -3.00. The fourth-order valence-electron chi connectivity index (χ4n) is 2.49. The Kier molecular flexibility index (Phi) is 2.98. The molecule has 2 aromatic heterocycles. The number of methoxy groups -OCH3 is 1. The number of benzene rings is 2. The molecule has 0 unspecified atom stereocenters. The first-order valence-corrected chi connectivity index (χ1v) is 7.55. The number of nitro groups is 1. The van der Waals surface area contributed by atoms with Gasteiger partial charge in [-0.25, -0.2) is 0 Å². The van der Waals surface area contributed by atoms with Crippen molar-refractivity contribution in [1.29, 1.82) is 0 Å². The maximum absolute atomic E-state index is 11.0. The van der Waals surface area contributed by atoms with E-state index in [1.54, 1.807) is 19.2 Å². The minimum Gasteiger partial charge on any atom is -0.497 e. The summed E-state index contributed by atoms with van der Waals surface area (Å²) in [4.78, 5) is 11.3. The topological polar surface area (TPSA) is 82.6 Å². The van der Waals surface area contributed by atoms with E-state index < -0.39 is 4.92 Å². The predicted octanol–water partition coefficient (Wildman–Crippen LogP) is 3.53. The Balaban J connectivity index is 1.97. The van der Waals surface area contributed by atoms with Crippen molar-refractivity contribution < 1.29 is 9.66 Å². The Morgan fingerprint density at radius 3 is 2.87 bits per heavy atom. The van der Waals surface area contributed by atoms with Gasteiger partial charge in [0.15, 0.2) is 5.82 Å². The third kappa shape index (κ3) is 2.11. The molecule has 0 N–H and O–H groups in total. The van der Waals surface area contributed by atoms with E-state index in [2.05, 4.69) is 10.2 Å². The number of hydrogen-bond donors (Lipinski definition) is 0. The standard InChI is InChI=1S/C15H10N4O3S/c1-22-11-5-6-12-13(8-11)23-15-17-16-14(18(12)15)9-3-2-4-10(7-9)19(20)21/h2-8H,1H3. The van der Waals surface area contributed by atoms with Crippen molar-refractivity contribution >= 4 is 32.2 Å². The van der Waals surface area contributed by atoms with Crippen LogP contribution in [0.15, 0.2) is 42.5 Å². The summed E-state index contributed by atoms with van der Waals surface area (Å²) in [6, 6.07) is 12.1. The average molecular weight is 326 g/mol. The van der Waals surface area contributed by atoms with Gasteiger partial charge in [-0.3, -0.25) is 14.5 Å². The number of ether oxygens (including phenoxy) is 1. The summed E-state index contributed by atoms with van der Waals surface area (Å²) in [5.74, 6) is 1.35. The van der Waals surface area contributed by atoms with Crippen LogP contribution in [0, 0.1) is 10.1 Å². The highest BCUT2D eigenvalue weighted by molar-refractivity contribution is 7.23. The molecule has 0 aliphatic carbocycles. The second-order valence-corrected chi connectivity index (χ2v) is 5.89. The molecule has 0 saturated carbocycles. The van der Waals surface area contributed by atoms with Crippen molar-refractivity contribution in [3.8, 4) is 17.1 Å². The van der Waals surface area contributed by atoms with E-state index in [9.17, 15) is 10.1 Å². The first kappa shape index (κ1) is 13.6. The fraction of sp³-hybridized carbons (Fsp3) is 0.0667. The second-order valence-electron chi connectivity index (χ2n) is 4.88. The van der Waals surface area contributed by atoms with E-state index in [0.717, 1.165) is 20.9 Å². The third-order valence-corrected chi connectivity index (χ3v) is 4.55. The molecule has 7 nitrogen and oxygen atoms in total. The highest BCUT2D eigenvalue weighted by Crippen LogP contribution is 2.33. The van der Waals surface area contributed by atoms with E-state index in [4.69, 9.17) is 4.74 Å². The van der Waals surface area contributed by atoms with Crippen molar-refractivity contribution in [3.05, 3.63) is 52.6 Å². The molecule has 114 valence electrons. The fourth-order valence-corrected chi connectivity index (χ4v) is 3.48. The van der Waals surface area contributed by atoms with Gasteiger partial charge in [0.2, 0.25) is 4.96 Å². The molecule has 0 radical (unpaired) electrons. The lowest BCUT2D eigenvalue weighted by Gasteiger charge is -2.01. The predicted molar refractivity (Wildman–Crippen MR) is 87.0 cm³/mol. The molecule has 4 aromatic rings. The zero-order valence-corrected chi connectivity index (χ0v) is 12.8. The van der Waals surface area contributed by atoms with Crippen LogP contribution >= 0.6 is 11.3 Å². The van der Waals surface area contributed by atoms with Crippen LogP contribution in [0.3, 0.4) is 0 Å². The number of rotatable bonds is 3. The molecule has 0 aliphatic heterocycles. The summed E-state index contributed by atoms with van der Waals surface area (Å²) in [6.45, 7) is 0. The number of non-ortho nitro benzene ring substituents is 1. The lowest BCUT2D eigenvalue weighted by molar-refractivity contribution is -0.384. The van der Waals surface area contributed by atoms with E-state index >= 15 is 0 Å². The number of fused-ring (bicyclic) bond motifs is 3. The number of thiazole rings is 1. The third-order valence-electron chi connectivity index (χ3n) is 3.56. The number of aromatic nitrogens is 3. The van der Waals surface area contributed by atoms with Crippen LogP contribution in [0.2, 0.25) is 0 Å². The van der Waals surface area contributed by atoms with Gasteiger partial charge in [-0.1, -0.05) is 23.5 Å². The number of nitrogens with zero attached hydrogens (tertiary/aromatic N) is 4. The second kappa shape index (κ2) is 5.03. The van der Waals surface area contributed by atoms with Crippen molar-refractivity contribution in [3.63, 3.8) is 0 Å². The summed E-state index contributed by atoms with van der Waals surface area (Å²) in [7, 11) is 1.62. The quantitative estimate of drug-likeness (QED) is 0.425. The molecule has 0 aliphatic rings. The first-order chi connectivity index (χ1) is 11.2.